The van der Waals surface area contributed by atoms with Crippen molar-refractivity contribution in [3.05, 3.63) is 52.9 Å². The van der Waals surface area contributed by atoms with E-state index in [0.29, 0.717) is 22.1 Å². The number of carbonyl (C=O) groups is 3. The number of nitrogens with two attached hydrogens (primary N) is 1. The molecule has 2 aromatic carbocycles. The molecular weight excluding hydrogens is 638 g/mol. The van der Waals surface area contributed by atoms with E-state index in [-0.39, 0.29) is 11.3 Å². The molecule has 13 heteroatoms. The molecule has 1 heterocycles. The maximum absolute atomic E-state index is 14.5. The summed E-state index contributed by atoms with van der Waals surface area (Å²) in [4.78, 5) is 45.6. The van der Waals surface area contributed by atoms with Gasteiger partial charge in [-0.2, -0.15) is 0 Å². The second kappa shape index (κ2) is 11.3. The minimum atomic E-state index is -2.85. The molecular formula is C35H41N3O9S. The summed E-state index contributed by atoms with van der Waals surface area (Å²) < 4.78 is 5.22. The number of fused-ring (bicyclic) bond motifs is 3. The van der Waals surface area contributed by atoms with Crippen LogP contribution >= 0.6 is 11.3 Å². The van der Waals surface area contributed by atoms with Crippen molar-refractivity contribution in [3.63, 3.8) is 0 Å². The summed E-state index contributed by atoms with van der Waals surface area (Å²) in [5, 5.41) is 65.0. The number of aromatic hydroxyl groups is 1. The molecule has 2 fully saturated rings. The first-order chi connectivity index (χ1) is 22.5. The molecule has 2 saturated carbocycles. The minimum Gasteiger partial charge on any atom is -0.505 e. The van der Waals surface area contributed by atoms with Crippen LogP contribution in [0, 0.1) is 34.5 Å². The van der Waals surface area contributed by atoms with Crippen LogP contribution in [0.3, 0.4) is 0 Å². The molecule has 256 valence electrons. The van der Waals surface area contributed by atoms with Gasteiger partial charge in [-0.3, -0.25) is 14.4 Å². The van der Waals surface area contributed by atoms with Gasteiger partial charge in [0.2, 0.25) is 5.91 Å². The summed E-state index contributed by atoms with van der Waals surface area (Å²) in [5.41, 5.74) is 1.25. The van der Waals surface area contributed by atoms with Gasteiger partial charge in [0.05, 0.1) is 42.2 Å². The van der Waals surface area contributed by atoms with Crippen LogP contribution in [0.25, 0.3) is 11.3 Å². The van der Waals surface area contributed by atoms with Crippen LogP contribution in [-0.4, -0.2) is 79.0 Å². The van der Waals surface area contributed by atoms with Crippen molar-refractivity contribution < 1.29 is 44.7 Å². The molecule has 0 saturated heterocycles. The summed E-state index contributed by atoms with van der Waals surface area (Å²) in [6.45, 7) is 8.18. The summed E-state index contributed by atoms with van der Waals surface area (Å²) in [6, 6.07) is 10.6. The fourth-order valence-electron chi connectivity index (χ4n) is 9.20. The number of Topliss-reactive ketones (excluding diaryl/α,β-unsaturated/α-hetero) is 2. The minimum absolute atomic E-state index is 0.129. The Kier molecular flexibility index (Phi) is 8.04. The normalized spacial score (nSPS) is 35.9. The molecule has 3 aliphatic carbocycles. The van der Waals surface area contributed by atoms with Crippen molar-refractivity contribution in [1.82, 2.24) is 4.98 Å². The zero-order valence-electron chi connectivity index (χ0n) is 27.5. The van der Waals surface area contributed by atoms with E-state index in [2.05, 4.69) is 10.3 Å². The lowest BCUT2D eigenvalue weighted by atomic mass is 9.36. The Balaban J connectivity index is 1.43. The van der Waals surface area contributed by atoms with Gasteiger partial charge in [0.1, 0.15) is 23.5 Å². The van der Waals surface area contributed by atoms with E-state index < -0.39 is 87.6 Å². The molecule has 3 aromatic rings. The Morgan fingerprint density at radius 1 is 1.08 bits per heavy atom. The Labute approximate surface area is 281 Å². The Hall–Kier alpha value is -3.88. The number of hydrogen-bond acceptors (Lipinski definition) is 12. The quantitative estimate of drug-likeness (QED) is 0.149. The predicted octanol–water partition coefficient (Wildman–Crippen LogP) is 2.98. The van der Waals surface area contributed by atoms with E-state index >= 15 is 0 Å². The first-order valence-electron chi connectivity index (χ1n) is 15.8. The van der Waals surface area contributed by atoms with Gasteiger partial charge in [-0.15, -0.1) is 11.3 Å². The van der Waals surface area contributed by atoms with Crippen molar-refractivity contribution in [2.75, 3.05) is 12.4 Å². The van der Waals surface area contributed by atoms with Crippen LogP contribution in [0.1, 0.15) is 56.5 Å². The number of primary amides is 1. The van der Waals surface area contributed by atoms with Crippen molar-refractivity contribution in [3.8, 4) is 22.8 Å². The molecule has 48 heavy (non-hydrogen) atoms. The molecule has 0 spiro atoms. The molecule has 2 unspecified atom stereocenters. The molecule has 6 rings (SSSR count). The number of methoxy groups -OCH3 is 1. The summed E-state index contributed by atoms with van der Waals surface area (Å²) in [6.07, 6.45) is -5.41. The number of aliphatic hydroxyl groups excluding tert-OH is 3. The smallest absolute Gasteiger partial charge is 0.230 e. The third-order valence-corrected chi connectivity index (χ3v) is 12.5. The fraction of sp³-hybridized carbons (Fsp3) is 0.486. The number of aliphatic hydroxyl groups is 4. The number of phenolic OH excluding ortho intramolecular Hbond substituents is 1. The summed E-state index contributed by atoms with van der Waals surface area (Å²) in [7, 11) is 1.58. The number of nitrogens with zero attached hydrogens (tertiary/aromatic N) is 1. The number of aromatic nitrogens is 1. The topological polar surface area (TPSA) is 213 Å². The molecule has 1 aromatic heterocycles. The van der Waals surface area contributed by atoms with Crippen LogP contribution in [0.2, 0.25) is 0 Å². The SMILES string of the molecule is COc1ccc(-c2csc(Nc3ccc4c(c3O)C(=O)[C@@H]3C(O)[C@@]5(O)C(=O)[C@H](C(N)=O)C(O)[C@H](C(C)C)[C@@]5(C)[C@H](O)[C@@]3(C)[C@@H]4C)n2)cc1. The number of hydrogen-bond donors (Lipinski definition) is 7. The van der Waals surface area contributed by atoms with Crippen LogP contribution in [-0.2, 0) is 9.59 Å². The maximum Gasteiger partial charge on any atom is 0.230 e. The van der Waals surface area contributed by atoms with Crippen molar-refractivity contribution in [1.29, 1.82) is 0 Å². The number of benzene rings is 2. The standard InChI is InChI=1S/C35H41N3O9S/c1-14(2)23-27(41)22(30(36)44)28(42)35(46)29(43)24-26(40)21-18(15(3)33(24,4)31(45)34(23,35)5)11-12-19(25(21)39)37-32-38-20(13-48-32)16-7-9-17(47-6)10-8-16/h7-15,22-24,27,29,31,39,41,43,45-46H,1-6H3,(H2,36,44)(H,37,38)/t15-,22-,23+,24-,27?,29?,31-,33+,34+,35+/m1/s1. The van der Waals surface area contributed by atoms with Gasteiger partial charge in [0, 0.05) is 21.8 Å². The highest BCUT2D eigenvalue weighted by Gasteiger charge is 2.80. The number of carbonyl (C=O) groups excluding carboxylic acids is 3. The third-order valence-electron chi connectivity index (χ3n) is 11.7. The Morgan fingerprint density at radius 3 is 2.31 bits per heavy atom. The van der Waals surface area contributed by atoms with Gasteiger partial charge in [-0.1, -0.05) is 40.7 Å². The predicted molar refractivity (Wildman–Crippen MR) is 177 cm³/mol. The molecule has 3 aliphatic rings. The van der Waals surface area contributed by atoms with E-state index in [4.69, 9.17) is 10.5 Å². The number of anilines is 2. The average Bonchev–Trinajstić information content (AvgIpc) is 3.50. The lowest BCUT2D eigenvalue weighted by Crippen LogP contribution is -2.83. The van der Waals surface area contributed by atoms with Crippen molar-refractivity contribution in [2.24, 2.45) is 40.2 Å². The molecule has 1 amide bonds. The van der Waals surface area contributed by atoms with E-state index in [1.807, 2.05) is 29.6 Å². The van der Waals surface area contributed by atoms with Gasteiger partial charge in [0.25, 0.3) is 0 Å². The zero-order valence-corrected chi connectivity index (χ0v) is 28.3. The number of ether oxygens (including phenoxy) is 1. The average molecular weight is 680 g/mol. The molecule has 12 nitrogen and oxygen atoms in total. The first-order valence-corrected chi connectivity index (χ1v) is 16.7. The van der Waals surface area contributed by atoms with Crippen LogP contribution < -0.4 is 15.8 Å². The molecule has 0 bridgehead atoms. The largest absolute Gasteiger partial charge is 0.505 e. The Bertz CT molecular complexity index is 1810. The first kappa shape index (κ1) is 34.0. The molecule has 0 radical (unpaired) electrons. The highest BCUT2D eigenvalue weighted by molar-refractivity contribution is 7.14. The Morgan fingerprint density at radius 2 is 1.73 bits per heavy atom. The summed E-state index contributed by atoms with van der Waals surface area (Å²) >= 11 is 1.28. The number of nitrogens with one attached hydrogen (secondary N) is 1. The van der Waals surface area contributed by atoms with Gasteiger partial charge >= 0.3 is 0 Å². The monoisotopic (exact) mass is 679 g/mol. The zero-order chi connectivity index (χ0) is 35.2. The molecule has 8 N–H and O–H groups in total. The second-order valence-corrected chi connectivity index (χ2v) is 15.0. The lowest BCUT2D eigenvalue weighted by molar-refractivity contribution is -0.306. The maximum atomic E-state index is 14.5. The third kappa shape index (κ3) is 4.27. The molecule has 10 atom stereocenters. The van der Waals surface area contributed by atoms with Gasteiger partial charge in [0.15, 0.2) is 22.3 Å². The summed E-state index contributed by atoms with van der Waals surface area (Å²) in [5.74, 6) is -8.69. The number of amides is 1. The van der Waals surface area contributed by atoms with Crippen molar-refractivity contribution >= 4 is 39.6 Å². The van der Waals surface area contributed by atoms with Crippen LogP contribution in [0.4, 0.5) is 10.8 Å². The van der Waals surface area contributed by atoms with Crippen LogP contribution in [0.15, 0.2) is 41.8 Å². The fourth-order valence-corrected chi connectivity index (χ4v) is 9.93. The number of ketones is 2. The number of thiazole rings is 1. The van der Waals surface area contributed by atoms with E-state index in [1.165, 1.54) is 18.3 Å². The molecule has 0 aliphatic heterocycles. The highest BCUT2D eigenvalue weighted by Crippen LogP contribution is 2.68. The van der Waals surface area contributed by atoms with E-state index in [9.17, 15) is 39.9 Å². The van der Waals surface area contributed by atoms with E-state index in [0.717, 1.165) is 5.56 Å². The number of phenols is 1. The van der Waals surface area contributed by atoms with Crippen molar-refractivity contribution in [2.45, 2.75) is 64.4 Å². The van der Waals surface area contributed by atoms with Gasteiger partial charge in [-0.25, -0.2) is 4.98 Å². The van der Waals surface area contributed by atoms with Gasteiger partial charge in [-0.05, 0) is 53.6 Å². The van der Waals surface area contributed by atoms with Crippen LogP contribution in [0.5, 0.6) is 11.5 Å². The lowest BCUT2D eigenvalue weighted by Gasteiger charge is -2.69. The highest BCUT2D eigenvalue weighted by atomic mass is 32.1. The number of rotatable bonds is 6. The van der Waals surface area contributed by atoms with E-state index in [1.54, 1.807) is 46.9 Å². The van der Waals surface area contributed by atoms with Gasteiger partial charge < -0.3 is 41.3 Å². The second-order valence-electron chi connectivity index (χ2n) is 14.1.